The van der Waals surface area contributed by atoms with Crippen LogP contribution in [-0.4, -0.2) is 10.9 Å². The molecule has 1 unspecified atom stereocenters. The molecule has 0 bridgehead atoms. The largest absolute Gasteiger partial charge is 0.345 e. The molecular formula is C16H18N2O2. The molecule has 4 nitrogen and oxygen atoms in total. The zero-order chi connectivity index (χ0) is 14.4. The summed E-state index contributed by atoms with van der Waals surface area (Å²) < 4.78 is 0. The predicted octanol–water partition coefficient (Wildman–Crippen LogP) is 2.65. The molecule has 4 heteroatoms. The van der Waals surface area contributed by atoms with Crippen molar-refractivity contribution in [2.45, 2.75) is 25.8 Å². The van der Waals surface area contributed by atoms with Gasteiger partial charge >= 0.3 is 0 Å². The summed E-state index contributed by atoms with van der Waals surface area (Å²) in [5, 5.41) is 2.99. The molecule has 0 fully saturated rings. The molecule has 0 radical (unpaired) electrons. The summed E-state index contributed by atoms with van der Waals surface area (Å²) in [4.78, 5) is 25.9. The van der Waals surface area contributed by atoms with E-state index in [9.17, 15) is 9.59 Å². The minimum absolute atomic E-state index is 0.0343. The molecule has 0 saturated heterocycles. The Hall–Kier alpha value is -2.36. The lowest BCUT2D eigenvalue weighted by atomic mass is 10.0. The van der Waals surface area contributed by atoms with Crippen molar-refractivity contribution >= 4 is 5.91 Å². The fourth-order valence-electron chi connectivity index (χ4n) is 2.12. The average Bonchev–Trinajstić information content (AvgIpc) is 2.47. The van der Waals surface area contributed by atoms with Gasteiger partial charge in [0.05, 0.1) is 6.04 Å². The Morgan fingerprint density at radius 3 is 2.65 bits per heavy atom. The molecule has 1 aromatic carbocycles. The van der Waals surface area contributed by atoms with Gasteiger partial charge in [-0.2, -0.15) is 0 Å². The first-order valence-corrected chi connectivity index (χ1v) is 6.75. The fourth-order valence-corrected chi connectivity index (χ4v) is 2.12. The van der Waals surface area contributed by atoms with Crippen molar-refractivity contribution < 1.29 is 4.79 Å². The summed E-state index contributed by atoms with van der Waals surface area (Å²) in [6, 6.07) is 12.7. The SMILES string of the molecule is CCCC(NC(=O)c1cc[nH]c(=O)c1)c1ccccc1. The van der Waals surface area contributed by atoms with Crippen LogP contribution in [0.1, 0.15) is 41.7 Å². The minimum Gasteiger partial charge on any atom is -0.345 e. The van der Waals surface area contributed by atoms with E-state index in [-0.39, 0.29) is 17.5 Å². The van der Waals surface area contributed by atoms with E-state index in [1.165, 1.54) is 12.3 Å². The molecule has 1 atom stereocenters. The second-order valence-electron chi connectivity index (χ2n) is 4.67. The first-order chi connectivity index (χ1) is 9.70. The third-order valence-electron chi connectivity index (χ3n) is 3.12. The number of hydrogen-bond acceptors (Lipinski definition) is 2. The van der Waals surface area contributed by atoms with Gasteiger partial charge in [0.25, 0.3) is 5.91 Å². The van der Waals surface area contributed by atoms with Crippen LogP contribution in [0.3, 0.4) is 0 Å². The number of benzene rings is 1. The molecule has 2 N–H and O–H groups in total. The average molecular weight is 270 g/mol. The van der Waals surface area contributed by atoms with Gasteiger partial charge in [-0.05, 0) is 18.1 Å². The van der Waals surface area contributed by atoms with Crippen LogP contribution in [0.2, 0.25) is 0 Å². The van der Waals surface area contributed by atoms with Crippen LogP contribution in [0, 0.1) is 0 Å². The van der Waals surface area contributed by atoms with Crippen molar-refractivity contribution in [3.63, 3.8) is 0 Å². The van der Waals surface area contributed by atoms with Crippen LogP contribution in [0.5, 0.6) is 0 Å². The second kappa shape index (κ2) is 6.70. The summed E-state index contributed by atoms with van der Waals surface area (Å²) in [6.45, 7) is 2.08. The van der Waals surface area contributed by atoms with Gasteiger partial charge in [-0.3, -0.25) is 9.59 Å². The first-order valence-electron chi connectivity index (χ1n) is 6.75. The Morgan fingerprint density at radius 2 is 2.00 bits per heavy atom. The van der Waals surface area contributed by atoms with E-state index in [2.05, 4.69) is 17.2 Å². The van der Waals surface area contributed by atoms with Gasteiger partial charge < -0.3 is 10.3 Å². The number of pyridine rings is 1. The number of amides is 1. The molecule has 2 aromatic rings. The van der Waals surface area contributed by atoms with Gasteiger partial charge in [-0.25, -0.2) is 0 Å². The van der Waals surface area contributed by atoms with E-state index < -0.39 is 0 Å². The second-order valence-corrected chi connectivity index (χ2v) is 4.67. The highest BCUT2D eigenvalue weighted by molar-refractivity contribution is 5.94. The van der Waals surface area contributed by atoms with E-state index in [1.54, 1.807) is 6.07 Å². The monoisotopic (exact) mass is 270 g/mol. The van der Waals surface area contributed by atoms with Gasteiger partial charge in [0.1, 0.15) is 0 Å². The Kier molecular flexibility index (Phi) is 4.71. The van der Waals surface area contributed by atoms with E-state index in [4.69, 9.17) is 0 Å². The maximum absolute atomic E-state index is 12.2. The number of aromatic nitrogens is 1. The van der Waals surface area contributed by atoms with Crippen LogP contribution in [0.25, 0.3) is 0 Å². The van der Waals surface area contributed by atoms with E-state index in [1.807, 2.05) is 30.3 Å². The number of rotatable bonds is 5. The summed E-state index contributed by atoms with van der Waals surface area (Å²) in [7, 11) is 0. The summed E-state index contributed by atoms with van der Waals surface area (Å²) >= 11 is 0. The van der Waals surface area contributed by atoms with Crippen LogP contribution < -0.4 is 10.9 Å². The lowest BCUT2D eigenvalue weighted by Crippen LogP contribution is -2.29. The van der Waals surface area contributed by atoms with E-state index in [0.29, 0.717) is 5.56 Å². The topological polar surface area (TPSA) is 62.0 Å². The van der Waals surface area contributed by atoms with Crippen molar-refractivity contribution in [1.29, 1.82) is 0 Å². The number of hydrogen-bond donors (Lipinski definition) is 2. The van der Waals surface area contributed by atoms with Crippen molar-refractivity contribution in [3.05, 3.63) is 70.1 Å². The molecule has 20 heavy (non-hydrogen) atoms. The van der Waals surface area contributed by atoms with Gasteiger partial charge in [-0.15, -0.1) is 0 Å². The minimum atomic E-state index is -0.274. The van der Waals surface area contributed by atoms with Crippen molar-refractivity contribution in [2.24, 2.45) is 0 Å². The Balaban J connectivity index is 2.16. The quantitative estimate of drug-likeness (QED) is 0.877. The van der Waals surface area contributed by atoms with Crippen molar-refractivity contribution in [1.82, 2.24) is 10.3 Å². The first kappa shape index (κ1) is 14.1. The highest BCUT2D eigenvalue weighted by atomic mass is 16.2. The maximum Gasteiger partial charge on any atom is 0.252 e. The van der Waals surface area contributed by atoms with E-state index >= 15 is 0 Å². The molecule has 0 aliphatic heterocycles. The zero-order valence-corrected chi connectivity index (χ0v) is 11.4. The number of carbonyl (C=O) groups is 1. The molecule has 0 aliphatic carbocycles. The highest BCUT2D eigenvalue weighted by Gasteiger charge is 2.14. The van der Waals surface area contributed by atoms with Gasteiger partial charge in [0.2, 0.25) is 5.56 Å². The van der Waals surface area contributed by atoms with Gasteiger partial charge in [0.15, 0.2) is 0 Å². The molecule has 1 heterocycles. The summed E-state index contributed by atoms with van der Waals surface area (Å²) in [6.07, 6.45) is 3.31. The van der Waals surface area contributed by atoms with E-state index in [0.717, 1.165) is 18.4 Å². The van der Waals surface area contributed by atoms with Crippen LogP contribution in [0.15, 0.2) is 53.5 Å². The normalized spacial score (nSPS) is 11.8. The molecule has 0 saturated carbocycles. The fraction of sp³-hybridized carbons (Fsp3) is 0.250. The molecule has 0 aliphatic rings. The molecule has 1 amide bonds. The van der Waals surface area contributed by atoms with Crippen molar-refractivity contribution in [2.75, 3.05) is 0 Å². The Morgan fingerprint density at radius 1 is 1.25 bits per heavy atom. The Labute approximate surface area is 117 Å². The van der Waals surface area contributed by atoms with Crippen LogP contribution in [-0.2, 0) is 0 Å². The number of carbonyl (C=O) groups excluding carboxylic acids is 1. The molecule has 1 aromatic heterocycles. The standard InChI is InChI=1S/C16H18N2O2/c1-2-6-14(12-7-4-3-5-8-12)18-16(20)13-9-10-17-15(19)11-13/h3-5,7-11,14H,2,6H2,1H3,(H,17,19)(H,18,20). The summed E-state index contributed by atoms with van der Waals surface area (Å²) in [5.74, 6) is -0.224. The van der Waals surface area contributed by atoms with Gasteiger partial charge in [0, 0.05) is 17.8 Å². The Bertz CT molecular complexity index is 620. The predicted molar refractivity (Wildman–Crippen MR) is 78.6 cm³/mol. The molecular weight excluding hydrogens is 252 g/mol. The number of H-pyrrole nitrogens is 1. The number of nitrogens with one attached hydrogen (secondary N) is 2. The highest BCUT2D eigenvalue weighted by Crippen LogP contribution is 2.18. The molecule has 104 valence electrons. The summed E-state index contributed by atoms with van der Waals surface area (Å²) in [5.41, 5.74) is 1.18. The smallest absolute Gasteiger partial charge is 0.252 e. The zero-order valence-electron chi connectivity index (χ0n) is 11.4. The number of aromatic amines is 1. The third kappa shape index (κ3) is 3.57. The molecule has 2 rings (SSSR count). The van der Waals surface area contributed by atoms with Gasteiger partial charge in [-0.1, -0.05) is 43.7 Å². The third-order valence-corrected chi connectivity index (χ3v) is 3.12. The lowest BCUT2D eigenvalue weighted by Gasteiger charge is -2.18. The van der Waals surface area contributed by atoms with Crippen molar-refractivity contribution in [3.8, 4) is 0 Å². The van der Waals surface area contributed by atoms with Crippen LogP contribution in [0.4, 0.5) is 0 Å². The molecule has 0 spiro atoms. The lowest BCUT2D eigenvalue weighted by molar-refractivity contribution is 0.0934. The van der Waals surface area contributed by atoms with Crippen LogP contribution >= 0.6 is 0 Å². The maximum atomic E-state index is 12.2.